The molecule has 140 valence electrons. The lowest BCUT2D eigenvalue weighted by atomic mass is 9.86. The standard InChI is InChI=1S/C19H31N3O3/c1-4-14(5-2)22-13(3)16(12-20-22)18(23)21-17-11-9-7-6-8-10-15(17)19(24)25/h12,14-15,17H,4-11H2,1-3H3,(H,21,23)(H,24,25). The van der Waals surface area contributed by atoms with Crippen LogP contribution in [0.3, 0.4) is 0 Å². The van der Waals surface area contributed by atoms with Crippen LogP contribution in [0.1, 0.15) is 87.3 Å². The molecule has 1 aliphatic rings. The molecule has 0 aliphatic heterocycles. The highest BCUT2D eigenvalue weighted by Gasteiger charge is 2.31. The van der Waals surface area contributed by atoms with Gasteiger partial charge in [-0.3, -0.25) is 14.3 Å². The maximum absolute atomic E-state index is 12.8. The molecular formula is C19H31N3O3. The molecule has 0 bridgehead atoms. The first kappa shape index (κ1) is 19.5. The molecule has 25 heavy (non-hydrogen) atoms. The molecule has 1 saturated carbocycles. The third-order valence-corrected chi connectivity index (χ3v) is 5.48. The van der Waals surface area contributed by atoms with Gasteiger partial charge in [0, 0.05) is 11.7 Å². The Hall–Kier alpha value is -1.85. The van der Waals surface area contributed by atoms with E-state index < -0.39 is 11.9 Å². The first-order valence-electron chi connectivity index (χ1n) is 9.57. The number of hydrogen-bond donors (Lipinski definition) is 2. The molecule has 2 N–H and O–H groups in total. The van der Waals surface area contributed by atoms with Crippen molar-refractivity contribution in [2.24, 2.45) is 5.92 Å². The van der Waals surface area contributed by atoms with E-state index in [9.17, 15) is 14.7 Å². The number of nitrogens with one attached hydrogen (secondary N) is 1. The van der Waals surface area contributed by atoms with E-state index in [0.717, 1.165) is 50.6 Å². The third kappa shape index (κ3) is 4.61. The number of carboxylic acids is 1. The van der Waals surface area contributed by atoms with Crippen LogP contribution in [-0.4, -0.2) is 32.8 Å². The highest BCUT2D eigenvalue weighted by Crippen LogP contribution is 2.24. The minimum absolute atomic E-state index is 0.202. The molecule has 0 radical (unpaired) electrons. The highest BCUT2D eigenvalue weighted by atomic mass is 16.4. The Morgan fingerprint density at radius 2 is 1.88 bits per heavy atom. The number of amides is 1. The first-order chi connectivity index (χ1) is 12.0. The molecule has 2 atom stereocenters. The van der Waals surface area contributed by atoms with Gasteiger partial charge in [0.2, 0.25) is 0 Å². The predicted molar refractivity (Wildman–Crippen MR) is 96.7 cm³/mol. The smallest absolute Gasteiger partial charge is 0.308 e. The molecule has 1 fully saturated rings. The second-order valence-electron chi connectivity index (χ2n) is 7.07. The lowest BCUT2D eigenvalue weighted by Crippen LogP contribution is -2.44. The number of aliphatic carboxylic acids is 1. The Bertz CT molecular complexity index is 593. The van der Waals surface area contributed by atoms with Crippen LogP contribution in [0.2, 0.25) is 0 Å². The van der Waals surface area contributed by atoms with Gasteiger partial charge in [-0.25, -0.2) is 0 Å². The van der Waals surface area contributed by atoms with Gasteiger partial charge in [-0.2, -0.15) is 5.10 Å². The van der Waals surface area contributed by atoms with Crippen molar-refractivity contribution in [3.63, 3.8) is 0 Å². The van der Waals surface area contributed by atoms with Crippen LogP contribution in [0.15, 0.2) is 6.20 Å². The second kappa shape index (κ2) is 9.02. The van der Waals surface area contributed by atoms with E-state index >= 15 is 0 Å². The Balaban J connectivity index is 2.15. The number of carbonyl (C=O) groups is 2. The Labute approximate surface area is 150 Å². The molecule has 0 aromatic carbocycles. The van der Waals surface area contributed by atoms with Gasteiger partial charge < -0.3 is 10.4 Å². The summed E-state index contributed by atoms with van der Waals surface area (Å²) in [5.41, 5.74) is 1.40. The molecule has 0 saturated heterocycles. The number of hydrogen-bond acceptors (Lipinski definition) is 3. The van der Waals surface area contributed by atoms with E-state index in [-0.39, 0.29) is 18.0 Å². The van der Waals surface area contributed by atoms with Gasteiger partial charge in [0.15, 0.2) is 0 Å². The fraction of sp³-hybridized carbons (Fsp3) is 0.737. The van der Waals surface area contributed by atoms with Crippen molar-refractivity contribution in [1.29, 1.82) is 0 Å². The summed E-state index contributed by atoms with van der Waals surface area (Å²) in [6.45, 7) is 6.13. The molecule has 6 heteroatoms. The predicted octanol–water partition coefficient (Wildman–Crippen LogP) is 3.71. The number of carboxylic acid groups (broad SMARTS) is 1. The van der Waals surface area contributed by atoms with Crippen LogP contribution < -0.4 is 5.32 Å². The van der Waals surface area contributed by atoms with E-state index in [2.05, 4.69) is 24.3 Å². The SMILES string of the molecule is CCC(CC)n1ncc(C(=O)NC2CCCCCCC2C(=O)O)c1C. The zero-order chi connectivity index (χ0) is 18.4. The van der Waals surface area contributed by atoms with E-state index in [1.54, 1.807) is 6.20 Å². The van der Waals surface area contributed by atoms with Crippen molar-refractivity contribution in [3.8, 4) is 0 Å². The molecule has 6 nitrogen and oxygen atoms in total. The van der Waals surface area contributed by atoms with Crippen LogP contribution >= 0.6 is 0 Å². The summed E-state index contributed by atoms with van der Waals surface area (Å²) >= 11 is 0. The summed E-state index contributed by atoms with van der Waals surface area (Å²) in [4.78, 5) is 24.4. The molecule has 0 spiro atoms. The average molecular weight is 349 g/mol. The maximum Gasteiger partial charge on any atom is 0.308 e. The largest absolute Gasteiger partial charge is 0.481 e. The normalized spacial score (nSPS) is 21.6. The lowest BCUT2D eigenvalue weighted by molar-refractivity contribution is -0.143. The molecule has 2 unspecified atom stereocenters. The summed E-state index contributed by atoms with van der Waals surface area (Å²) in [7, 11) is 0. The highest BCUT2D eigenvalue weighted by molar-refractivity contribution is 5.95. The topological polar surface area (TPSA) is 84.2 Å². The van der Waals surface area contributed by atoms with E-state index in [4.69, 9.17) is 0 Å². The van der Waals surface area contributed by atoms with Crippen molar-refractivity contribution in [2.45, 2.75) is 84.2 Å². The number of rotatable bonds is 6. The van der Waals surface area contributed by atoms with Gasteiger partial charge in [0.05, 0.1) is 23.7 Å². The number of carbonyl (C=O) groups excluding carboxylic acids is 1. The zero-order valence-electron chi connectivity index (χ0n) is 15.6. The molecule has 1 aliphatic carbocycles. The first-order valence-corrected chi connectivity index (χ1v) is 9.57. The number of aromatic nitrogens is 2. The summed E-state index contributed by atoms with van der Waals surface area (Å²) in [6.07, 6.45) is 8.94. The van der Waals surface area contributed by atoms with Gasteiger partial charge in [-0.15, -0.1) is 0 Å². The summed E-state index contributed by atoms with van der Waals surface area (Å²) in [6, 6.07) is -0.0177. The van der Waals surface area contributed by atoms with E-state index in [0.29, 0.717) is 12.0 Å². The molecule has 1 aromatic rings. The van der Waals surface area contributed by atoms with Gasteiger partial charge in [-0.05, 0) is 32.6 Å². The zero-order valence-corrected chi connectivity index (χ0v) is 15.6. The third-order valence-electron chi connectivity index (χ3n) is 5.48. The second-order valence-corrected chi connectivity index (χ2v) is 7.07. The van der Waals surface area contributed by atoms with Gasteiger partial charge in [0.1, 0.15) is 0 Å². The van der Waals surface area contributed by atoms with Gasteiger partial charge >= 0.3 is 5.97 Å². The van der Waals surface area contributed by atoms with Gasteiger partial charge in [-0.1, -0.05) is 39.5 Å². The van der Waals surface area contributed by atoms with Crippen LogP contribution in [0.25, 0.3) is 0 Å². The molecule has 1 amide bonds. The molecule has 2 rings (SSSR count). The van der Waals surface area contributed by atoms with E-state index in [1.165, 1.54) is 0 Å². The lowest BCUT2D eigenvalue weighted by Gasteiger charge is -2.27. The minimum atomic E-state index is -0.809. The van der Waals surface area contributed by atoms with Crippen molar-refractivity contribution >= 4 is 11.9 Å². The Morgan fingerprint density at radius 1 is 1.24 bits per heavy atom. The van der Waals surface area contributed by atoms with Crippen LogP contribution in [0.4, 0.5) is 0 Å². The molecular weight excluding hydrogens is 318 g/mol. The van der Waals surface area contributed by atoms with E-state index in [1.807, 2.05) is 11.6 Å². The number of nitrogens with zero attached hydrogens (tertiary/aromatic N) is 2. The minimum Gasteiger partial charge on any atom is -0.481 e. The quantitative estimate of drug-likeness (QED) is 0.820. The Morgan fingerprint density at radius 3 is 2.48 bits per heavy atom. The van der Waals surface area contributed by atoms with Crippen molar-refractivity contribution in [1.82, 2.24) is 15.1 Å². The Kier molecular flexibility index (Phi) is 7.02. The monoisotopic (exact) mass is 349 g/mol. The van der Waals surface area contributed by atoms with Crippen molar-refractivity contribution in [2.75, 3.05) is 0 Å². The maximum atomic E-state index is 12.8. The summed E-state index contributed by atoms with van der Waals surface area (Å²) < 4.78 is 1.92. The molecule has 1 heterocycles. The van der Waals surface area contributed by atoms with Crippen LogP contribution in [0.5, 0.6) is 0 Å². The summed E-state index contributed by atoms with van der Waals surface area (Å²) in [5.74, 6) is -1.51. The van der Waals surface area contributed by atoms with Gasteiger partial charge in [0.25, 0.3) is 5.91 Å². The van der Waals surface area contributed by atoms with Crippen LogP contribution in [0, 0.1) is 12.8 Å². The van der Waals surface area contributed by atoms with Crippen molar-refractivity contribution < 1.29 is 14.7 Å². The summed E-state index contributed by atoms with van der Waals surface area (Å²) in [5, 5.41) is 16.9. The fourth-order valence-electron chi connectivity index (χ4n) is 3.85. The fourth-order valence-corrected chi connectivity index (χ4v) is 3.85. The molecule has 1 aromatic heterocycles. The van der Waals surface area contributed by atoms with Crippen molar-refractivity contribution in [3.05, 3.63) is 17.5 Å². The van der Waals surface area contributed by atoms with Crippen LogP contribution in [-0.2, 0) is 4.79 Å². The average Bonchev–Trinajstić information content (AvgIpc) is 2.93.